The molecule has 1 N–H and O–H groups in total. The Morgan fingerprint density at radius 3 is 2.46 bits per heavy atom. The summed E-state index contributed by atoms with van der Waals surface area (Å²) < 4.78 is 5.09. The zero-order valence-corrected chi connectivity index (χ0v) is 9.60. The Labute approximate surface area is 83.1 Å². The van der Waals surface area contributed by atoms with Crippen LogP contribution in [0.4, 0.5) is 0 Å². The van der Waals surface area contributed by atoms with Crippen molar-refractivity contribution in [3.8, 4) is 0 Å². The first kappa shape index (κ1) is 12.9. The second kappa shape index (κ2) is 8.52. The molecule has 0 fully saturated rings. The van der Waals surface area contributed by atoms with Crippen LogP contribution in [0.25, 0.3) is 0 Å². The van der Waals surface area contributed by atoms with Gasteiger partial charge in [-0.2, -0.15) is 0 Å². The van der Waals surface area contributed by atoms with E-state index in [1.54, 1.807) is 7.11 Å². The Bertz CT molecular complexity index is 106. The normalized spacial score (nSPS) is 15.7. The quantitative estimate of drug-likeness (QED) is 0.630. The van der Waals surface area contributed by atoms with Gasteiger partial charge in [0.15, 0.2) is 0 Å². The van der Waals surface area contributed by atoms with Gasteiger partial charge in [-0.05, 0) is 18.8 Å². The first-order valence-corrected chi connectivity index (χ1v) is 5.46. The van der Waals surface area contributed by atoms with Gasteiger partial charge in [-0.15, -0.1) is 0 Å². The highest BCUT2D eigenvalue weighted by Gasteiger charge is 2.06. The van der Waals surface area contributed by atoms with E-state index in [1.807, 2.05) is 0 Å². The van der Waals surface area contributed by atoms with E-state index in [4.69, 9.17) is 4.74 Å². The highest BCUT2D eigenvalue weighted by Crippen LogP contribution is 2.02. The number of nitrogens with one attached hydrogen (secondary N) is 1. The molecule has 0 radical (unpaired) electrons. The zero-order valence-electron chi connectivity index (χ0n) is 9.60. The molecule has 80 valence electrons. The minimum Gasteiger partial charge on any atom is -0.384 e. The van der Waals surface area contributed by atoms with Crippen LogP contribution in [0.5, 0.6) is 0 Å². The Kier molecular flexibility index (Phi) is 8.46. The maximum atomic E-state index is 5.09. The van der Waals surface area contributed by atoms with E-state index in [-0.39, 0.29) is 0 Å². The van der Waals surface area contributed by atoms with Gasteiger partial charge in [-0.25, -0.2) is 0 Å². The van der Waals surface area contributed by atoms with Crippen molar-refractivity contribution in [1.82, 2.24) is 5.32 Å². The van der Waals surface area contributed by atoms with Crippen LogP contribution in [0.1, 0.15) is 40.0 Å². The topological polar surface area (TPSA) is 21.3 Å². The van der Waals surface area contributed by atoms with Gasteiger partial charge in [0.1, 0.15) is 0 Å². The predicted molar refractivity (Wildman–Crippen MR) is 58.0 cm³/mol. The average Bonchev–Trinajstić information content (AvgIpc) is 2.12. The molecule has 2 nitrogen and oxygen atoms in total. The summed E-state index contributed by atoms with van der Waals surface area (Å²) in [6.07, 6.45) is 3.79. The lowest BCUT2D eigenvalue weighted by atomic mass is 10.1. The van der Waals surface area contributed by atoms with Gasteiger partial charge in [-0.1, -0.05) is 27.2 Å². The molecule has 0 aromatic heterocycles. The molecule has 0 aliphatic carbocycles. The van der Waals surface area contributed by atoms with Crippen LogP contribution >= 0.6 is 0 Å². The third-order valence-corrected chi connectivity index (χ3v) is 2.34. The van der Waals surface area contributed by atoms with Crippen LogP contribution in [-0.2, 0) is 4.74 Å². The van der Waals surface area contributed by atoms with E-state index < -0.39 is 0 Å². The Hall–Kier alpha value is -0.0800. The molecule has 0 aromatic carbocycles. The van der Waals surface area contributed by atoms with Crippen molar-refractivity contribution >= 4 is 0 Å². The molecule has 0 aliphatic rings. The van der Waals surface area contributed by atoms with E-state index in [9.17, 15) is 0 Å². The molecule has 0 bridgehead atoms. The standard InChI is InChI=1S/C11H25NO/c1-5-7-11(6-2)12-8-10(3)9-13-4/h10-12H,5-9H2,1-4H3. The summed E-state index contributed by atoms with van der Waals surface area (Å²) in [6.45, 7) is 8.63. The fraction of sp³-hybridized carbons (Fsp3) is 1.00. The van der Waals surface area contributed by atoms with Gasteiger partial charge < -0.3 is 10.1 Å². The van der Waals surface area contributed by atoms with Gasteiger partial charge >= 0.3 is 0 Å². The summed E-state index contributed by atoms with van der Waals surface area (Å²) in [7, 11) is 1.76. The summed E-state index contributed by atoms with van der Waals surface area (Å²) in [5.41, 5.74) is 0. The summed E-state index contributed by atoms with van der Waals surface area (Å²) in [4.78, 5) is 0. The average molecular weight is 187 g/mol. The largest absolute Gasteiger partial charge is 0.384 e. The molecule has 13 heavy (non-hydrogen) atoms. The van der Waals surface area contributed by atoms with E-state index in [0.717, 1.165) is 13.2 Å². The third-order valence-electron chi connectivity index (χ3n) is 2.34. The molecule has 0 rings (SSSR count). The number of rotatable bonds is 8. The lowest BCUT2D eigenvalue weighted by Crippen LogP contribution is -2.33. The van der Waals surface area contributed by atoms with E-state index >= 15 is 0 Å². The predicted octanol–water partition coefficient (Wildman–Crippen LogP) is 2.44. The molecule has 2 atom stereocenters. The minimum absolute atomic E-state index is 0.621. The van der Waals surface area contributed by atoms with Gasteiger partial charge in [0.25, 0.3) is 0 Å². The Morgan fingerprint density at radius 1 is 1.31 bits per heavy atom. The molecule has 0 saturated heterocycles. The molecule has 0 aromatic rings. The van der Waals surface area contributed by atoms with Crippen LogP contribution in [0.3, 0.4) is 0 Å². The first-order valence-electron chi connectivity index (χ1n) is 5.46. The number of methoxy groups -OCH3 is 1. The van der Waals surface area contributed by atoms with Crippen molar-refractivity contribution in [3.63, 3.8) is 0 Å². The van der Waals surface area contributed by atoms with Crippen molar-refractivity contribution < 1.29 is 4.74 Å². The second-order valence-corrected chi connectivity index (χ2v) is 3.86. The van der Waals surface area contributed by atoms with Gasteiger partial charge in [0, 0.05) is 26.3 Å². The molecule has 2 heteroatoms. The molecular formula is C11H25NO. The molecule has 0 heterocycles. The number of hydrogen-bond acceptors (Lipinski definition) is 2. The molecule has 2 unspecified atom stereocenters. The lowest BCUT2D eigenvalue weighted by Gasteiger charge is -2.18. The monoisotopic (exact) mass is 187 g/mol. The van der Waals surface area contributed by atoms with E-state index in [0.29, 0.717) is 12.0 Å². The number of ether oxygens (including phenoxy) is 1. The van der Waals surface area contributed by atoms with Gasteiger partial charge in [-0.3, -0.25) is 0 Å². The first-order chi connectivity index (χ1) is 6.24. The summed E-state index contributed by atoms with van der Waals surface area (Å²) in [5, 5.41) is 3.57. The molecule has 0 aliphatic heterocycles. The summed E-state index contributed by atoms with van der Waals surface area (Å²) >= 11 is 0. The van der Waals surface area contributed by atoms with Gasteiger partial charge in [0.05, 0.1) is 0 Å². The Morgan fingerprint density at radius 2 is 2.00 bits per heavy atom. The maximum Gasteiger partial charge on any atom is 0.0499 e. The fourth-order valence-corrected chi connectivity index (χ4v) is 1.51. The van der Waals surface area contributed by atoms with Crippen molar-refractivity contribution in [2.45, 2.75) is 46.1 Å². The highest BCUT2D eigenvalue weighted by molar-refractivity contribution is 4.66. The third kappa shape index (κ3) is 7.03. The summed E-state index contributed by atoms with van der Waals surface area (Å²) in [5.74, 6) is 0.621. The van der Waals surface area contributed by atoms with Crippen LogP contribution in [-0.4, -0.2) is 26.3 Å². The van der Waals surface area contributed by atoms with Crippen molar-refractivity contribution in [3.05, 3.63) is 0 Å². The second-order valence-electron chi connectivity index (χ2n) is 3.86. The molecular weight excluding hydrogens is 162 g/mol. The smallest absolute Gasteiger partial charge is 0.0499 e. The highest BCUT2D eigenvalue weighted by atomic mass is 16.5. The fourth-order valence-electron chi connectivity index (χ4n) is 1.51. The van der Waals surface area contributed by atoms with Crippen LogP contribution < -0.4 is 5.32 Å². The van der Waals surface area contributed by atoms with Gasteiger partial charge in [0.2, 0.25) is 0 Å². The lowest BCUT2D eigenvalue weighted by molar-refractivity contribution is 0.156. The van der Waals surface area contributed by atoms with Crippen molar-refractivity contribution in [2.24, 2.45) is 5.92 Å². The van der Waals surface area contributed by atoms with Crippen molar-refractivity contribution in [1.29, 1.82) is 0 Å². The van der Waals surface area contributed by atoms with Crippen LogP contribution in [0.15, 0.2) is 0 Å². The zero-order chi connectivity index (χ0) is 10.1. The van der Waals surface area contributed by atoms with E-state index in [1.165, 1.54) is 19.3 Å². The van der Waals surface area contributed by atoms with E-state index in [2.05, 4.69) is 26.1 Å². The Balaban J connectivity index is 3.46. The molecule has 0 saturated carbocycles. The van der Waals surface area contributed by atoms with Crippen LogP contribution in [0.2, 0.25) is 0 Å². The molecule has 0 amide bonds. The van der Waals surface area contributed by atoms with Crippen molar-refractivity contribution in [2.75, 3.05) is 20.3 Å². The molecule has 0 spiro atoms. The number of hydrogen-bond donors (Lipinski definition) is 1. The minimum atomic E-state index is 0.621. The van der Waals surface area contributed by atoms with Crippen LogP contribution in [0, 0.1) is 5.92 Å². The maximum absolute atomic E-state index is 5.09. The summed E-state index contributed by atoms with van der Waals surface area (Å²) in [6, 6.07) is 0.698. The SMILES string of the molecule is CCCC(CC)NCC(C)COC.